The van der Waals surface area contributed by atoms with Crippen LogP contribution in [0.15, 0.2) is 35.8 Å². The average molecular weight is 371 g/mol. The fourth-order valence-corrected chi connectivity index (χ4v) is 4.98. The van der Waals surface area contributed by atoms with Crippen molar-refractivity contribution >= 4 is 34.7 Å². The van der Waals surface area contributed by atoms with Crippen LogP contribution < -0.4 is 4.90 Å². The number of rotatable bonds is 4. The number of anilines is 1. The third-order valence-electron chi connectivity index (χ3n) is 5.21. The van der Waals surface area contributed by atoms with Gasteiger partial charge in [0.1, 0.15) is 0 Å². The maximum Gasteiger partial charge on any atom is 0.293 e. The van der Waals surface area contributed by atoms with Gasteiger partial charge in [0.2, 0.25) is 0 Å². The van der Waals surface area contributed by atoms with Crippen molar-refractivity contribution in [2.75, 3.05) is 18.0 Å². The summed E-state index contributed by atoms with van der Waals surface area (Å²) in [5, 5.41) is -0.230. The smallest absolute Gasteiger partial charge is 0.293 e. The number of hydrogen-bond acceptors (Lipinski definition) is 4. The van der Waals surface area contributed by atoms with E-state index in [0.717, 1.165) is 30.3 Å². The van der Waals surface area contributed by atoms with Gasteiger partial charge in [0.25, 0.3) is 11.1 Å². The second-order valence-corrected chi connectivity index (χ2v) is 8.55. The Morgan fingerprint density at radius 3 is 2.73 bits per heavy atom. The van der Waals surface area contributed by atoms with Gasteiger partial charge in [-0.3, -0.25) is 14.5 Å². The van der Waals surface area contributed by atoms with Crippen molar-refractivity contribution in [3.05, 3.63) is 46.9 Å². The van der Waals surface area contributed by atoms with E-state index in [1.807, 2.05) is 12.1 Å². The molecule has 0 aliphatic carbocycles. The lowest BCUT2D eigenvalue weighted by molar-refractivity contribution is -0.122. The molecule has 138 valence electrons. The number of carbonyl (C=O) groups is 2. The van der Waals surface area contributed by atoms with Gasteiger partial charge < -0.3 is 4.90 Å². The van der Waals surface area contributed by atoms with E-state index in [4.69, 9.17) is 0 Å². The molecule has 0 saturated carbocycles. The molecule has 0 N–H and O–H groups in total. The normalized spacial score (nSPS) is 23.5. The molecule has 0 bridgehead atoms. The molecule has 0 unspecified atom stereocenters. The van der Waals surface area contributed by atoms with Crippen molar-refractivity contribution in [2.45, 2.75) is 45.6 Å². The van der Waals surface area contributed by atoms with Crippen molar-refractivity contribution < 1.29 is 9.59 Å². The molecule has 1 aromatic rings. The van der Waals surface area contributed by atoms with Crippen LogP contribution in [-0.2, 0) is 4.79 Å². The molecule has 0 radical (unpaired) electrons. The highest BCUT2D eigenvalue weighted by atomic mass is 32.2. The predicted octanol–water partition coefficient (Wildman–Crippen LogP) is 5.02. The Bertz CT molecular complexity index is 797. The van der Waals surface area contributed by atoms with Gasteiger partial charge in [-0.2, -0.15) is 0 Å². The third kappa shape index (κ3) is 3.20. The fourth-order valence-electron chi connectivity index (χ4n) is 4.14. The number of nitrogens with zero attached hydrogens (tertiary/aromatic N) is 2. The number of amides is 2. The summed E-state index contributed by atoms with van der Waals surface area (Å²) in [6, 6.07) is 6.35. The van der Waals surface area contributed by atoms with E-state index < -0.39 is 0 Å². The van der Waals surface area contributed by atoms with Crippen LogP contribution in [0.5, 0.6) is 0 Å². The van der Waals surface area contributed by atoms with Crippen LogP contribution >= 0.6 is 11.8 Å². The minimum absolute atomic E-state index is 0.135. The molecule has 0 spiro atoms. The molecule has 2 heterocycles. The summed E-state index contributed by atoms with van der Waals surface area (Å²) < 4.78 is 0. The van der Waals surface area contributed by atoms with E-state index in [1.54, 1.807) is 6.08 Å². The number of benzene rings is 1. The predicted molar refractivity (Wildman–Crippen MR) is 109 cm³/mol. The van der Waals surface area contributed by atoms with Crippen LogP contribution in [-0.4, -0.2) is 34.7 Å². The lowest BCUT2D eigenvalue weighted by atomic mass is 9.79. The number of thioether (sulfide) groups is 1. The Morgan fingerprint density at radius 2 is 2.08 bits per heavy atom. The Hall–Kier alpha value is -2.01. The molecule has 1 saturated heterocycles. The third-order valence-corrected chi connectivity index (χ3v) is 6.12. The van der Waals surface area contributed by atoms with Crippen molar-refractivity contribution in [1.82, 2.24) is 4.90 Å². The molecular weight excluding hydrogens is 344 g/mol. The number of carbonyl (C=O) groups excluding carboxylic acids is 2. The molecule has 1 aromatic carbocycles. The molecule has 4 nitrogen and oxygen atoms in total. The van der Waals surface area contributed by atoms with Crippen LogP contribution in [0.2, 0.25) is 0 Å². The van der Waals surface area contributed by atoms with Gasteiger partial charge in [0.15, 0.2) is 0 Å². The van der Waals surface area contributed by atoms with Crippen LogP contribution in [0.4, 0.5) is 10.5 Å². The molecule has 1 atom stereocenters. The maximum atomic E-state index is 12.4. The maximum absolute atomic E-state index is 12.4. The molecule has 2 aliphatic rings. The van der Waals surface area contributed by atoms with Crippen LogP contribution in [0.25, 0.3) is 6.08 Å². The molecule has 2 aliphatic heterocycles. The van der Waals surface area contributed by atoms with Crippen LogP contribution in [0, 0.1) is 0 Å². The van der Waals surface area contributed by atoms with Gasteiger partial charge in [-0.05, 0) is 74.2 Å². The van der Waals surface area contributed by atoms with E-state index in [0.29, 0.717) is 10.8 Å². The van der Waals surface area contributed by atoms with Crippen molar-refractivity contribution in [2.24, 2.45) is 0 Å². The average Bonchev–Trinajstić information content (AvgIpc) is 2.83. The standard InChI is InChI=1S/C21H26N2O2S/c1-6-10-22-19(24)18(26-20(22)25)12-15-8-9-17-16(11-15)14(3)13-21(4,5)23(17)7-2/h6,8-9,11-12,14H,1,7,10,13H2,2-5H3/b18-12-/t14-/m0/s1. The lowest BCUT2D eigenvalue weighted by Gasteiger charge is -2.47. The van der Waals surface area contributed by atoms with Gasteiger partial charge in [0, 0.05) is 24.3 Å². The zero-order chi connectivity index (χ0) is 19.1. The van der Waals surface area contributed by atoms with E-state index >= 15 is 0 Å². The summed E-state index contributed by atoms with van der Waals surface area (Å²) >= 11 is 1.000. The SMILES string of the molecule is C=CCN1C(=O)S/C(=C\c2ccc3c(c2)[C@@H](C)CC(C)(C)N3CC)C1=O. The van der Waals surface area contributed by atoms with Gasteiger partial charge in [-0.25, -0.2) is 0 Å². The van der Waals surface area contributed by atoms with E-state index in [9.17, 15) is 9.59 Å². The van der Waals surface area contributed by atoms with Crippen LogP contribution in [0.1, 0.15) is 51.2 Å². The summed E-state index contributed by atoms with van der Waals surface area (Å²) in [7, 11) is 0. The fraction of sp³-hybridized carbons (Fsp3) is 0.429. The number of hydrogen-bond donors (Lipinski definition) is 0. The lowest BCUT2D eigenvalue weighted by Crippen LogP contribution is -2.48. The van der Waals surface area contributed by atoms with Crippen molar-refractivity contribution in [3.63, 3.8) is 0 Å². The molecule has 0 aromatic heterocycles. The number of fused-ring (bicyclic) bond motifs is 1. The molecule has 5 heteroatoms. The van der Waals surface area contributed by atoms with E-state index in [2.05, 4.69) is 51.3 Å². The highest BCUT2D eigenvalue weighted by Gasteiger charge is 2.36. The second-order valence-electron chi connectivity index (χ2n) is 7.56. The zero-order valence-electron chi connectivity index (χ0n) is 15.9. The quantitative estimate of drug-likeness (QED) is 0.551. The van der Waals surface area contributed by atoms with E-state index in [-0.39, 0.29) is 23.2 Å². The Kier molecular flexibility index (Phi) is 5.02. The van der Waals surface area contributed by atoms with Gasteiger partial charge in [-0.15, -0.1) is 6.58 Å². The summed E-state index contributed by atoms with van der Waals surface area (Å²) in [5.41, 5.74) is 3.68. The molecule has 26 heavy (non-hydrogen) atoms. The Labute approximate surface area is 159 Å². The van der Waals surface area contributed by atoms with Crippen molar-refractivity contribution in [3.8, 4) is 0 Å². The summed E-state index contributed by atoms with van der Waals surface area (Å²) in [6.07, 6.45) is 4.49. The van der Waals surface area contributed by atoms with Gasteiger partial charge >= 0.3 is 0 Å². The monoisotopic (exact) mass is 370 g/mol. The summed E-state index contributed by atoms with van der Waals surface area (Å²) in [4.78, 5) is 28.5. The first-order valence-corrected chi connectivity index (χ1v) is 9.88. The van der Waals surface area contributed by atoms with Crippen molar-refractivity contribution in [1.29, 1.82) is 0 Å². The molecule has 1 fully saturated rings. The largest absolute Gasteiger partial charge is 0.366 e. The Balaban J connectivity index is 1.95. The molecule has 3 rings (SSSR count). The first kappa shape index (κ1) is 18.8. The summed E-state index contributed by atoms with van der Waals surface area (Å²) in [5.74, 6) is 0.217. The van der Waals surface area contributed by atoms with Gasteiger partial charge in [0.05, 0.1) is 4.91 Å². The molecular formula is C21H26N2O2S. The zero-order valence-corrected chi connectivity index (χ0v) is 16.7. The number of imide groups is 1. The van der Waals surface area contributed by atoms with E-state index in [1.165, 1.54) is 16.2 Å². The molecule has 2 amide bonds. The van der Waals surface area contributed by atoms with Crippen LogP contribution in [0.3, 0.4) is 0 Å². The minimum atomic E-state index is -0.234. The summed E-state index contributed by atoms with van der Waals surface area (Å²) in [6.45, 7) is 13.9. The first-order valence-electron chi connectivity index (χ1n) is 9.06. The first-order chi connectivity index (χ1) is 12.3. The highest BCUT2D eigenvalue weighted by Crippen LogP contribution is 2.44. The highest BCUT2D eigenvalue weighted by molar-refractivity contribution is 8.18. The second kappa shape index (κ2) is 6.95. The topological polar surface area (TPSA) is 40.6 Å². The minimum Gasteiger partial charge on any atom is -0.366 e. The van der Waals surface area contributed by atoms with Gasteiger partial charge in [-0.1, -0.05) is 19.1 Å². The Morgan fingerprint density at radius 1 is 1.35 bits per heavy atom.